The second-order valence-electron chi connectivity index (χ2n) is 6.48. The SMILES string of the molecule is CCOC(=O)C/C(=C/CCc1cccnc1)c1ccc(C(OCC)OCC)cc1. The number of rotatable bonds is 12. The maximum absolute atomic E-state index is 12.1. The van der Waals surface area contributed by atoms with Gasteiger partial charge in [-0.3, -0.25) is 9.78 Å². The molecule has 2 aromatic rings. The molecule has 0 aliphatic carbocycles. The van der Waals surface area contributed by atoms with E-state index in [0.717, 1.165) is 29.5 Å². The highest BCUT2D eigenvalue weighted by molar-refractivity contribution is 5.85. The molecule has 0 bridgehead atoms. The van der Waals surface area contributed by atoms with Crippen LogP contribution < -0.4 is 0 Å². The molecule has 5 nitrogen and oxygen atoms in total. The Hall–Kier alpha value is -2.50. The highest BCUT2D eigenvalue weighted by atomic mass is 16.7. The molecule has 1 heterocycles. The Morgan fingerprint density at radius 2 is 1.76 bits per heavy atom. The van der Waals surface area contributed by atoms with Crippen molar-refractivity contribution in [2.75, 3.05) is 19.8 Å². The van der Waals surface area contributed by atoms with E-state index in [9.17, 15) is 4.79 Å². The predicted molar refractivity (Wildman–Crippen MR) is 114 cm³/mol. The van der Waals surface area contributed by atoms with Crippen LogP contribution in [0.2, 0.25) is 0 Å². The van der Waals surface area contributed by atoms with E-state index >= 15 is 0 Å². The highest BCUT2D eigenvalue weighted by Gasteiger charge is 2.13. The normalized spacial score (nSPS) is 11.7. The molecule has 29 heavy (non-hydrogen) atoms. The highest BCUT2D eigenvalue weighted by Crippen LogP contribution is 2.25. The van der Waals surface area contributed by atoms with Gasteiger partial charge in [0.2, 0.25) is 0 Å². The molecule has 0 amide bonds. The van der Waals surface area contributed by atoms with Crippen LogP contribution in [0.5, 0.6) is 0 Å². The molecule has 0 radical (unpaired) electrons. The molecule has 0 unspecified atom stereocenters. The van der Waals surface area contributed by atoms with Crippen molar-refractivity contribution in [2.45, 2.75) is 46.3 Å². The third-order valence-corrected chi connectivity index (χ3v) is 4.38. The molecular weight excluding hydrogens is 366 g/mol. The molecule has 0 aliphatic heterocycles. The first-order chi connectivity index (χ1) is 14.2. The summed E-state index contributed by atoms with van der Waals surface area (Å²) in [5, 5.41) is 0. The third kappa shape index (κ3) is 7.80. The van der Waals surface area contributed by atoms with E-state index in [1.807, 2.05) is 57.3 Å². The number of carbonyl (C=O) groups excluding carboxylic acids is 1. The lowest BCUT2D eigenvalue weighted by atomic mass is 9.99. The molecule has 1 aromatic carbocycles. The van der Waals surface area contributed by atoms with E-state index in [1.165, 1.54) is 5.56 Å². The number of benzene rings is 1. The number of carbonyl (C=O) groups is 1. The maximum Gasteiger partial charge on any atom is 0.310 e. The lowest BCUT2D eigenvalue weighted by Crippen LogP contribution is -2.09. The summed E-state index contributed by atoms with van der Waals surface area (Å²) in [5.41, 5.74) is 4.09. The van der Waals surface area contributed by atoms with Gasteiger partial charge in [-0.1, -0.05) is 36.4 Å². The lowest BCUT2D eigenvalue weighted by molar-refractivity contribution is -0.141. The van der Waals surface area contributed by atoms with Gasteiger partial charge in [0.15, 0.2) is 6.29 Å². The molecule has 0 saturated heterocycles. The minimum atomic E-state index is -0.373. The summed E-state index contributed by atoms with van der Waals surface area (Å²) >= 11 is 0. The van der Waals surface area contributed by atoms with Crippen molar-refractivity contribution in [2.24, 2.45) is 0 Å². The van der Waals surface area contributed by atoms with Gasteiger partial charge in [0.05, 0.1) is 13.0 Å². The first-order valence-electron chi connectivity index (χ1n) is 10.2. The lowest BCUT2D eigenvalue weighted by Gasteiger charge is -2.18. The molecule has 2 rings (SSSR count). The van der Waals surface area contributed by atoms with Gasteiger partial charge >= 0.3 is 5.97 Å². The number of nitrogens with zero attached hydrogens (tertiary/aromatic N) is 1. The Kier molecular flexibility index (Phi) is 10.1. The first kappa shape index (κ1) is 22.8. The second kappa shape index (κ2) is 12.9. The Bertz CT molecular complexity index is 750. The van der Waals surface area contributed by atoms with Crippen LogP contribution in [0, 0.1) is 0 Å². The minimum Gasteiger partial charge on any atom is -0.466 e. The van der Waals surface area contributed by atoms with Gasteiger partial charge in [-0.15, -0.1) is 0 Å². The molecule has 0 fully saturated rings. The van der Waals surface area contributed by atoms with E-state index in [1.54, 1.807) is 6.20 Å². The van der Waals surface area contributed by atoms with Crippen LogP contribution in [-0.2, 0) is 25.4 Å². The average Bonchev–Trinajstić information content (AvgIpc) is 2.74. The molecule has 0 atom stereocenters. The summed E-state index contributed by atoms with van der Waals surface area (Å²) in [6, 6.07) is 12.0. The molecule has 1 aromatic heterocycles. The summed E-state index contributed by atoms with van der Waals surface area (Å²) in [6.07, 6.45) is 7.32. The van der Waals surface area contributed by atoms with E-state index in [0.29, 0.717) is 19.8 Å². The van der Waals surface area contributed by atoms with E-state index in [4.69, 9.17) is 14.2 Å². The van der Waals surface area contributed by atoms with Crippen molar-refractivity contribution in [1.29, 1.82) is 0 Å². The molecule has 0 N–H and O–H groups in total. The van der Waals surface area contributed by atoms with Gasteiger partial charge in [0.1, 0.15) is 0 Å². The summed E-state index contributed by atoms with van der Waals surface area (Å²) in [4.78, 5) is 16.2. The summed E-state index contributed by atoms with van der Waals surface area (Å²) in [6.45, 7) is 7.25. The van der Waals surface area contributed by atoms with Gasteiger partial charge in [-0.05, 0) is 56.4 Å². The zero-order chi connectivity index (χ0) is 20.9. The van der Waals surface area contributed by atoms with Crippen LogP contribution >= 0.6 is 0 Å². The van der Waals surface area contributed by atoms with Crippen molar-refractivity contribution in [3.8, 4) is 0 Å². The molecule has 5 heteroatoms. The number of aryl methyl sites for hydroxylation is 1. The number of hydrogen-bond acceptors (Lipinski definition) is 5. The molecule has 0 saturated carbocycles. The zero-order valence-electron chi connectivity index (χ0n) is 17.6. The van der Waals surface area contributed by atoms with E-state index < -0.39 is 0 Å². The predicted octanol–water partition coefficient (Wildman–Crippen LogP) is 5.12. The average molecular weight is 398 g/mol. The third-order valence-electron chi connectivity index (χ3n) is 4.38. The summed E-state index contributed by atoms with van der Waals surface area (Å²) in [5.74, 6) is -0.217. The van der Waals surface area contributed by atoms with Gasteiger partial charge in [-0.2, -0.15) is 0 Å². The van der Waals surface area contributed by atoms with Crippen LogP contribution in [-0.4, -0.2) is 30.8 Å². The van der Waals surface area contributed by atoms with Crippen LogP contribution in [0.4, 0.5) is 0 Å². The smallest absolute Gasteiger partial charge is 0.310 e. The Morgan fingerprint density at radius 3 is 2.34 bits per heavy atom. The Labute approximate surface area is 173 Å². The fourth-order valence-corrected chi connectivity index (χ4v) is 3.02. The van der Waals surface area contributed by atoms with Crippen LogP contribution in [0.25, 0.3) is 5.57 Å². The van der Waals surface area contributed by atoms with Crippen molar-refractivity contribution >= 4 is 11.5 Å². The number of ether oxygens (including phenoxy) is 3. The van der Waals surface area contributed by atoms with E-state index in [2.05, 4.69) is 17.1 Å². The van der Waals surface area contributed by atoms with Gasteiger partial charge in [0.25, 0.3) is 0 Å². The Balaban J connectivity index is 2.16. The molecule has 0 aliphatic rings. The first-order valence-corrected chi connectivity index (χ1v) is 10.2. The minimum absolute atomic E-state index is 0.217. The Morgan fingerprint density at radius 1 is 1.03 bits per heavy atom. The van der Waals surface area contributed by atoms with Gasteiger partial charge in [-0.25, -0.2) is 0 Å². The van der Waals surface area contributed by atoms with Crippen molar-refractivity contribution in [1.82, 2.24) is 4.98 Å². The monoisotopic (exact) mass is 397 g/mol. The fraction of sp³-hybridized carbons (Fsp3) is 0.417. The largest absolute Gasteiger partial charge is 0.466 e. The number of pyridine rings is 1. The maximum atomic E-state index is 12.1. The number of esters is 1. The van der Waals surface area contributed by atoms with Gasteiger partial charge in [0, 0.05) is 31.2 Å². The van der Waals surface area contributed by atoms with Crippen molar-refractivity contribution in [3.05, 3.63) is 71.6 Å². The molecule has 156 valence electrons. The standard InChI is InChI=1S/C24H31NO4/c1-4-27-23(26)17-22(11-7-9-19-10-8-16-25-18-19)20-12-14-21(15-13-20)24(28-5-2)29-6-3/h8,10-16,18,24H,4-7,9,17H2,1-3H3/b22-11-. The van der Waals surface area contributed by atoms with Crippen LogP contribution in [0.1, 0.15) is 56.6 Å². The summed E-state index contributed by atoms with van der Waals surface area (Å²) < 4.78 is 16.5. The topological polar surface area (TPSA) is 57.7 Å². The molecule has 0 spiro atoms. The number of aromatic nitrogens is 1. The van der Waals surface area contributed by atoms with E-state index in [-0.39, 0.29) is 18.7 Å². The number of hydrogen-bond donors (Lipinski definition) is 0. The fourth-order valence-electron chi connectivity index (χ4n) is 3.02. The quantitative estimate of drug-likeness (QED) is 0.367. The summed E-state index contributed by atoms with van der Waals surface area (Å²) in [7, 11) is 0. The van der Waals surface area contributed by atoms with Gasteiger partial charge < -0.3 is 14.2 Å². The van der Waals surface area contributed by atoms with Crippen molar-refractivity contribution in [3.63, 3.8) is 0 Å². The van der Waals surface area contributed by atoms with Crippen molar-refractivity contribution < 1.29 is 19.0 Å². The number of allylic oxidation sites excluding steroid dienone is 1. The van der Waals surface area contributed by atoms with Crippen LogP contribution in [0.15, 0.2) is 54.9 Å². The molecular formula is C24H31NO4. The zero-order valence-corrected chi connectivity index (χ0v) is 17.6. The van der Waals surface area contributed by atoms with Crippen LogP contribution in [0.3, 0.4) is 0 Å². The second-order valence-corrected chi connectivity index (χ2v) is 6.48.